The molecule has 0 saturated heterocycles. The molecule has 0 heterocycles. The Hall–Kier alpha value is -2.04. The minimum atomic E-state index is 0.0566. The number of hydrogen-bond acceptors (Lipinski definition) is 4. The molecule has 0 aromatic heterocycles. The third-order valence-electron chi connectivity index (χ3n) is 3.21. The summed E-state index contributed by atoms with van der Waals surface area (Å²) in [5, 5.41) is 12.1. The molecule has 0 saturated carbocycles. The van der Waals surface area contributed by atoms with Crippen LogP contribution in [0.2, 0.25) is 0 Å². The van der Waals surface area contributed by atoms with E-state index in [4.69, 9.17) is 14.6 Å². The lowest BCUT2D eigenvalue weighted by Crippen LogP contribution is -2.06. The largest absolute Gasteiger partial charge is 0.493 e. The van der Waals surface area contributed by atoms with Gasteiger partial charge in [0.15, 0.2) is 11.5 Å². The average Bonchev–Trinajstić information content (AvgIpc) is 2.54. The molecular weight excluding hydrogens is 266 g/mol. The lowest BCUT2D eigenvalue weighted by atomic mass is 10.1. The van der Waals surface area contributed by atoms with E-state index in [1.807, 2.05) is 49.5 Å². The van der Waals surface area contributed by atoms with Crippen molar-refractivity contribution >= 4 is 0 Å². The molecule has 0 bridgehead atoms. The van der Waals surface area contributed by atoms with Crippen molar-refractivity contribution in [2.75, 3.05) is 14.2 Å². The quantitative estimate of drug-likeness (QED) is 0.821. The summed E-state index contributed by atoms with van der Waals surface area (Å²) in [7, 11) is 3.55. The molecule has 0 aliphatic rings. The SMILES string of the molecule is CNCc1ccc(OC)c(OCc2ccc(CO)cc2)c1. The van der Waals surface area contributed by atoms with Crippen LogP contribution < -0.4 is 14.8 Å². The first-order chi connectivity index (χ1) is 10.3. The number of hydrogen-bond donors (Lipinski definition) is 2. The number of ether oxygens (including phenoxy) is 2. The summed E-state index contributed by atoms with van der Waals surface area (Å²) in [5.41, 5.74) is 3.09. The zero-order valence-corrected chi connectivity index (χ0v) is 12.4. The van der Waals surface area contributed by atoms with E-state index in [0.717, 1.165) is 34.7 Å². The zero-order valence-electron chi connectivity index (χ0n) is 12.4. The van der Waals surface area contributed by atoms with E-state index in [1.165, 1.54) is 0 Å². The normalized spacial score (nSPS) is 10.4. The van der Waals surface area contributed by atoms with Crippen LogP contribution in [0.3, 0.4) is 0 Å². The summed E-state index contributed by atoms with van der Waals surface area (Å²) in [6.07, 6.45) is 0. The highest BCUT2D eigenvalue weighted by atomic mass is 16.5. The molecule has 2 rings (SSSR count). The zero-order chi connectivity index (χ0) is 15.1. The summed E-state index contributed by atoms with van der Waals surface area (Å²) >= 11 is 0. The molecule has 0 radical (unpaired) electrons. The van der Waals surface area contributed by atoms with Gasteiger partial charge in [-0.2, -0.15) is 0 Å². The van der Waals surface area contributed by atoms with Gasteiger partial charge in [-0.15, -0.1) is 0 Å². The topological polar surface area (TPSA) is 50.7 Å². The first kappa shape index (κ1) is 15.4. The van der Waals surface area contributed by atoms with E-state index >= 15 is 0 Å². The van der Waals surface area contributed by atoms with Crippen molar-refractivity contribution < 1.29 is 14.6 Å². The third kappa shape index (κ3) is 4.21. The van der Waals surface area contributed by atoms with E-state index in [-0.39, 0.29) is 6.61 Å². The standard InChI is InChI=1S/C17H21NO3/c1-18-10-15-7-8-16(20-2)17(9-15)21-12-14-5-3-13(11-19)4-6-14/h3-9,18-19H,10-12H2,1-2H3. The van der Waals surface area contributed by atoms with Crippen LogP contribution >= 0.6 is 0 Å². The molecule has 4 heteroatoms. The lowest BCUT2D eigenvalue weighted by molar-refractivity contribution is 0.279. The Morgan fingerprint density at radius 2 is 1.62 bits per heavy atom. The number of benzene rings is 2. The van der Waals surface area contributed by atoms with Gasteiger partial charge in [0.05, 0.1) is 13.7 Å². The van der Waals surface area contributed by atoms with Crippen molar-refractivity contribution in [1.29, 1.82) is 0 Å². The highest BCUT2D eigenvalue weighted by molar-refractivity contribution is 5.43. The molecule has 2 N–H and O–H groups in total. The first-order valence-electron chi connectivity index (χ1n) is 6.90. The maximum atomic E-state index is 9.03. The van der Waals surface area contributed by atoms with Gasteiger partial charge < -0.3 is 19.9 Å². The second kappa shape index (κ2) is 7.67. The van der Waals surface area contributed by atoms with Crippen LogP contribution in [0, 0.1) is 0 Å². The van der Waals surface area contributed by atoms with Gasteiger partial charge in [0.25, 0.3) is 0 Å². The molecule has 21 heavy (non-hydrogen) atoms. The van der Waals surface area contributed by atoms with Crippen molar-refractivity contribution in [1.82, 2.24) is 5.32 Å². The fourth-order valence-electron chi connectivity index (χ4n) is 2.05. The van der Waals surface area contributed by atoms with Crippen molar-refractivity contribution in [3.63, 3.8) is 0 Å². The Kier molecular flexibility index (Phi) is 5.60. The first-order valence-corrected chi connectivity index (χ1v) is 6.90. The van der Waals surface area contributed by atoms with Crippen molar-refractivity contribution in [3.8, 4) is 11.5 Å². The molecule has 0 aliphatic carbocycles. The number of aliphatic hydroxyl groups is 1. The summed E-state index contributed by atoms with van der Waals surface area (Å²) in [5.74, 6) is 1.46. The molecular formula is C17H21NO3. The average molecular weight is 287 g/mol. The van der Waals surface area contributed by atoms with Crippen molar-refractivity contribution in [2.45, 2.75) is 19.8 Å². The van der Waals surface area contributed by atoms with E-state index in [0.29, 0.717) is 6.61 Å². The van der Waals surface area contributed by atoms with Crippen LogP contribution in [-0.4, -0.2) is 19.3 Å². The second-order valence-corrected chi connectivity index (χ2v) is 4.78. The molecule has 112 valence electrons. The molecule has 0 fully saturated rings. The van der Waals surface area contributed by atoms with Gasteiger partial charge in [-0.1, -0.05) is 30.3 Å². The Balaban J connectivity index is 2.08. The number of nitrogens with one attached hydrogen (secondary N) is 1. The van der Waals surface area contributed by atoms with Gasteiger partial charge in [0.1, 0.15) is 6.61 Å². The third-order valence-corrected chi connectivity index (χ3v) is 3.21. The van der Waals surface area contributed by atoms with E-state index in [1.54, 1.807) is 7.11 Å². The highest BCUT2D eigenvalue weighted by Crippen LogP contribution is 2.28. The maximum absolute atomic E-state index is 9.03. The van der Waals surface area contributed by atoms with E-state index < -0.39 is 0 Å². The molecule has 0 unspecified atom stereocenters. The Morgan fingerprint density at radius 3 is 2.24 bits per heavy atom. The Morgan fingerprint density at radius 1 is 0.952 bits per heavy atom. The van der Waals surface area contributed by atoms with E-state index in [9.17, 15) is 0 Å². The monoisotopic (exact) mass is 287 g/mol. The Bertz CT molecular complexity index is 567. The molecule has 0 spiro atoms. The smallest absolute Gasteiger partial charge is 0.161 e. The predicted molar refractivity (Wildman–Crippen MR) is 82.5 cm³/mol. The fourth-order valence-corrected chi connectivity index (χ4v) is 2.05. The lowest BCUT2D eigenvalue weighted by Gasteiger charge is -2.12. The van der Waals surface area contributed by atoms with Gasteiger partial charge in [-0.05, 0) is 35.9 Å². The van der Waals surface area contributed by atoms with Gasteiger partial charge in [0.2, 0.25) is 0 Å². The number of aliphatic hydroxyl groups excluding tert-OH is 1. The maximum Gasteiger partial charge on any atom is 0.161 e. The molecule has 0 aliphatic heterocycles. The van der Waals surface area contributed by atoms with Crippen LogP contribution in [0.15, 0.2) is 42.5 Å². The fraction of sp³-hybridized carbons (Fsp3) is 0.294. The van der Waals surface area contributed by atoms with Gasteiger partial charge in [-0.25, -0.2) is 0 Å². The highest BCUT2D eigenvalue weighted by Gasteiger charge is 2.06. The minimum Gasteiger partial charge on any atom is -0.493 e. The van der Waals surface area contributed by atoms with Crippen LogP contribution in [0.5, 0.6) is 11.5 Å². The van der Waals surface area contributed by atoms with Crippen LogP contribution in [0.1, 0.15) is 16.7 Å². The van der Waals surface area contributed by atoms with Crippen molar-refractivity contribution in [2.24, 2.45) is 0 Å². The molecule has 0 atom stereocenters. The summed E-state index contributed by atoms with van der Waals surface area (Å²) in [6.45, 7) is 1.30. The molecule has 4 nitrogen and oxygen atoms in total. The van der Waals surface area contributed by atoms with Crippen molar-refractivity contribution in [3.05, 3.63) is 59.2 Å². The molecule has 2 aromatic rings. The second-order valence-electron chi connectivity index (χ2n) is 4.78. The van der Waals surface area contributed by atoms with Crippen LogP contribution in [0.4, 0.5) is 0 Å². The summed E-state index contributed by atoms with van der Waals surface area (Å²) < 4.78 is 11.2. The van der Waals surface area contributed by atoms with Gasteiger partial charge >= 0.3 is 0 Å². The minimum absolute atomic E-state index is 0.0566. The Labute approximate surface area is 125 Å². The van der Waals surface area contributed by atoms with Crippen LogP contribution in [-0.2, 0) is 19.8 Å². The molecule has 2 aromatic carbocycles. The molecule has 0 amide bonds. The summed E-state index contributed by atoms with van der Waals surface area (Å²) in [4.78, 5) is 0. The summed E-state index contributed by atoms with van der Waals surface area (Å²) in [6, 6.07) is 13.6. The van der Waals surface area contributed by atoms with Gasteiger partial charge in [-0.3, -0.25) is 0 Å². The number of methoxy groups -OCH3 is 1. The number of rotatable bonds is 7. The van der Waals surface area contributed by atoms with E-state index in [2.05, 4.69) is 5.32 Å². The van der Waals surface area contributed by atoms with Gasteiger partial charge in [0, 0.05) is 6.54 Å². The van der Waals surface area contributed by atoms with Crippen LogP contribution in [0.25, 0.3) is 0 Å². The predicted octanol–water partition coefficient (Wildman–Crippen LogP) is 2.49.